The monoisotopic (exact) mass is 391 g/mol. The van der Waals surface area contributed by atoms with Crippen LogP contribution < -0.4 is 14.8 Å². The molecule has 1 N–H and O–H groups in total. The summed E-state index contributed by atoms with van der Waals surface area (Å²) in [7, 11) is 0. The number of tetrazole rings is 1. The fourth-order valence-electron chi connectivity index (χ4n) is 2.97. The van der Waals surface area contributed by atoms with E-state index in [0.29, 0.717) is 24.0 Å². The molecule has 1 amide bonds. The van der Waals surface area contributed by atoms with E-state index in [9.17, 15) is 4.79 Å². The number of benzene rings is 1. The summed E-state index contributed by atoms with van der Waals surface area (Å²) in [5, 5.41) is 15.0. The fraction of sp³-hybridized carbons (Fsp3) is 0.529. The quantitative estimate of drug-likeness (QED) is 0.707. The smallest absolute Gasteiger partial charge is 0.233 e. The highest BCUT2D eigenvalue weighted by molar-refractivity contribution is 8.00. The number of ether oxygens (including phenoxy) is 3. The maximum Gasteiger partial charge on any atom is 0.233 e. The number of aromatic nitrogens is 4. The third-order valence-electron chi connectivity index (χ3n) is 4.45. The summed E-state index contributed by atoms with van der Waals surface area (Å²) in [6.45, 7) is 3.89. The van der Waals surface area contributed by atoms with Crippen LogP contribution in [0.15, 0.2) is 23.4 Å². The third kappa shape index (κ3) is 4.33. The normalized spacial score (nSPS) is 19.2. The van der Waals surface area contributed by atoms with Crippen molar-refractivity contribution < 1.29 is 19.0 Å². The Morgan fingerprint density at radius 3 is 3.15 bits per heavy atom. The summed E-state index contributed by atoms with van der Waals surface area (Å²) in [5.74, 6) is 1.36. The van der Waals surface area contributed by atoms with Gasteiger partial charge in [0.2, 0.25) is 17.9 Å². The van der Waals surface area contributed by atoms with Crippen molar-refractivity contribution in [3.8, 4) is 11.5 Å². The van der Waals surface area contributed by atoms with E-state index in [1.807, 2.05) is 25.1 Å². The second kappa shape index (κ2) is 8.13. The first-order chi connectivity index (χ1) is 13.2. The molecule has 1 aromatic heterocycles. The van der Waals surface area contributed by atoms with Crippen molar-refractivity contribution in [3.63, 3.8) is 0 Å². The van der Waals surface area contributed by atoms with Crippen molar-refractivity contribution in [2.24, 2.45) is 0 Å². The molecule has 0 saturated carbocycles. The van der Waals surface area contributed by atoms with Crippen molar-refractivity contribution >= 4 is 17.7 Å². The summed E-state index contributed by atoms with van der Waals surface area (Å²) in [6.07, 6.45) is 2.21. The molecule has 1 fully saturated rings. The van der Waals surface area contributed by atoms with Gasteiger partial charge in [-0.15, -0.1) is 5.10 Å². The minimum atomic E-state index is -0.326. The standard InChI is InChI=1S/C17H21N5O4S/c1-11(27-17-19-20-21-22(17)9-13-3-2-6-24-13)16(23)18-8-12-4-5-14-15(7-12)26-10-25-14/h4-5,7,11,13H,2-3,6,8-10H2,1H3,(H,18,23)/t11-,13+/m0/s1. The lowest BCUT2D eigenvalue weighted by atomic mass is 10.2. The Kier molecular flexibility index (Phi) is 5.44. The summed E-state index contributed by atoms with van der Waals surface area (Å²) >= 11 is 1.34. The van der Waals surface area contributed by atoms with Gasteiger partial charge in [0.1, 0.15) is 0 Å². The largest absolute Gasteiger partial charge is 0.454 e. The number of nitrogens with one attached hydrogen (secondary N) is 1. The Balaban J connectivity index is 1.30. The molecule has 0 aliphatic carbocycles. The van der Waals surface area contributed by atoms with Crippen LogP contribution in [0, 0.1) is 0 Å². The van der Waals surface area contributed by atoms with Gasteiger partial charge >= 0.3 is 0 Å². The van der Waals surface area contributed by atoms with Crippen LogP contribution in [0.4, 0.5) is 0 Å². The van der Waals surface area contributed by atoms with E-state index in [1.54, 1.807) is 4.68 Å². The zero-order chi connectivity index (χ0) is 18.6. The van der Waals surface area contributed by atoms with Crippen molar-refractivity contribution in [3.05, 3.63) is 23.8 Å². The summed E-state index contributed by atoms with van der Waals surface area (Å²) in [6, 6.07) is 5.64. The van der Waals surface area contributed by atoms with Crippen molar-refractivity contribution in [1.82, 2.24) is 25.5 Å². The minimum absolute atomic E-state index is 0.0793. The minimum Gasteiger partial charge on any atom is -0.454 e. The van der Waals surface area contributed by atoms with E-state index in [-0.39, 0.29) is 24.1 Å². The van der Waals surface area contributed by atoms with Crippen LogP contribution in [-0.4, -0.2) is 50.9 Å². The second-order valence-corrected chi connectivity index (χ2v) is 7.75. The molecule has 4 rings (SSSR count). The number of thioether (sulfide) groups is 1. The van der Waals surface area contributed by atoms with E-state index >= 15 is 0 Å². The number of rotatable bonds is 7. The van der Waals surface area contributed by atoms with E-state index in [1.165, 1.54) is 11.8 Å². The van der Waals surface area contributed by atoms with Gasteiger partial charge in [-0.2, -0.15) is 0 Å². The predicted molar refractivity (Wildman–Crippen MR) is 96.5 cm³/mol. The third-order valence-corrected chi connectivity index (χ3v) is 5.53. The SMILES string of the molecule is C[C@H](Sc1nnnn1C[C@H]1CCCO1)C(=O)NCc1ccc2c(c1)OCO2. The van der Waals surface area contributed by atoms with E-state index in [4.69, 9.17) is 14.2 Å². The van der Waals surface area contributed by atoms with Gasteiger partial charge in [0.15, 0.2) is 11.5 Å². The summed E-state index contributed by atoms with van der Waals surface area (Å²) in [4.78, 5) is 12.4. The number of nitrogens with zero attached hydrogens (tertiary/aromatic N) is 4. The Labute approximate surface area is 160 Å². The second-order valence-electron chi connectivity index (χ2n) is 6.44. The van der Waals surface area contributed by atoms with Gasteiger partial charge in [-0.05, 0) is 47.9 Å². The Hall–Kier alpha value is -2.33. The molecule has 3 heterocycles. The molecule has 10 heteroatoms. The fourth-order valence-corrected chi connectivity index (χ4v) is 3.80. The number of carbonyl (C=O) groups excluding carboxylic acids is 1. The zero-order valence-corrected chi connectivity index (χ0v) is 15.8. The summed E-state index contributed by atoms with van der Waals surface area (Å²) < 4.78 is 18.0. The van der Waals surface area contributed by atoms with Gasteiger partial charge in [-0.25, -0.2) is 4.68 Å². The molecule has 144 valence electrons. The molecule has 0 radical (unpaired) electrons. The highest BCUT2D eigenvalue weighted by Gasteiger charge is 2.22. The molecule has 27 heavy (non-hydrogen) atoms. The van der Waals surface area contributed by atoms with Gasteiger partial charge < -0.3 is 19.5 Å². The Morgan fingerprint density at radius 1 is 1.41 bits per heavy atom. The molecule has 2 atom stereocenters. The number of hydrogen-bond acceptors (Lipinski definition) is 8. The molecule has 0 bridgehead atoms. The van der Waals surface area contributed by atoms with Crippen LogP contribution in [-0.2, 0) is 22.6 Å². The summed E-state index contributed by atoms with van der Waals surface area (Å²) in [5.41, 5.74) is 0.952. The van der Waals surface area contributed by atoms with Gasteiger partial charge in [0.25, 0.3) is 0 Å². The molecule has 2 aliphatic rings. The topological polar surface area (TPSA) is 100 Å². The van der Waals surface area contributed by atoms with Crippen LogP contribution in [0.1, 0.15) is 25.3 Å². The number of carbonyl (C=O) groups is 1. The first-order valence-electron chi connectivity index (χ1n) is 8.90. The average molecular weight is 391 g/mol. The molecule has 2 aromatic rings. The van der Waals surface area contributed by atoms with Crippen molar-refractivity contribution in [2.45, 2.75) is 49.4 Å². The van der Waals surface area contributed by atoms with Crippen LogP contribution in [0.3, 0.4) is 0 Å². The van der Waals surface area contributed by atoms with Gasteiger partial charge in [-0.1, -0.05) is 17.8 Å². The molecule has 9 nitrogen and oxygen atoms in total. The molecule has 1 saturated heterocycles. The number of fused-ring (bicyclic) bond motifs is 1. The number of hydrogen-bond donors (Lipinski definition) is 1. The highest BCUT2D eigenvalue weighted by atomic mass is 32.2. The van der Waals surface area contributed by atoms with Gasteiger partial charge in [-0.3, -0.25) is 4.79 Å². The molecular weight excluding hydrogens is 370 g/mol. The average Bonchev–Trinajstić information content (AvgIpc) is 3.42. The van der Waals surface area contributed by atoms with Crippen molar-refractivity contribution in [2.75, 3.05) is 13.4 Å². The molecule has 2 aliphatic heterocycles. The van der Waals surface area contributed by atoms with Crippen LogP contribution in [0.5, 0.6) is 11.5 Å². The molecule has 1 aromatic carbocycles. The van der Waals surface area contributed by atoms with Crippen LogP contribution >= 0.6 is 11.8 Å². The predicted octanol–water partition coefficient (Wildman–Crippen LogP) is 1.38. The van der Waals surface area contributed by atoms with E-state index in [0.717, 1.165) is 30.8 Å². The zero-order valence-electron chi connectivity index (χ0n) is 15.0. The lowest BCUT2D eigenvalue weighted by Gasteiger charge is -2.13. The molecular formula is C17H21N5O4S. The molecule has 0 spiro atoms. The first kappa shape index (κ1) is 18.1. The maximum absolute atomic E-state index is 12.4. The molecule has 0 unspecified atom stereocenters. The Morgan fingerprint density at radius 2 is 2.30 bits per heavy atom. The maximum atomic E-state index is 12.4. The first-order valence-corrected chi connectivity index (χ1v) is 9.77. The number of amides is 1. The van der Waals surface area contributed by atoms with Crippen LogP contribution in [0.25, 0.3) is 0 Å². The van der Waals surface area contributed by atoms with Crippen LogP contribution in [0.2, 0.25) is 0 Å². The van der Waals surface area contributed by atoms with E-state index < -0.39 is 0 Å². The Bertz CT molecular complexity index is 808. The van der Waals surface area contributed by atoms with Gasteiger partial charge in [0, 0.05) is 13.2 Å². The highest BCUT2D eigenvalue weighted by Crippen LogP contribution is 2.32. The lowest BCUT2D eigenvalue weighted by Crippen LogP contribution is -2.30. The lowest BCUT2D eigenvalue weighted by molar-refractivity contribution is -0.120. The van der Waals surface area contributed by atoms with Gasteiger partial charge in [0.05, 0.1) is 17.9 Å². The van der Waals surface area contributed by atoms with E-state index in [2.05, 4.69) is 20.8 Å². The van der Waals surface area contributed by atoms with Crippen molar-refractivity contribution in [1.29, 1.82) is 0 Å².